The van der Waals surface area contributed by atoms with Gasteiger partial charge in [0.1, 0.15) is 5.82 Å². The molecule has 0 heterocycles. The fourth-order valence-corrected chi connectivity index (χ4v) is 1.17. The molecule has 17 heavy (non-hydrogen) atoms. The number of rotatable bonds is 5. The van der Waals surface area contributed by atoms with E-state index in [1.165, 1.54) is 6.07 Å². The van der Waals surface area contributed by atoms with Crippen molar-refractivity contribution in [2.45, 2.75) is 25.9 Å². The first-order chi connectivity index (χ1) is 7.79. The van der Waals surface area contributed by atoms with Crippen LogP contribution in [0.3, 0.4) is 0 Å². The van der Waals surface area contributed by atoms with Crippen molar-refractivity contribution in [3.05, 3.63) is 34.1 Å². The van der Waals surface area contributed by atoms with Crippen LogP contribution in [-0.2, 0) is 0 Å². The minimum absolute atomic E-state index is 0.000602. The van der Waals surface area contributed by atoms with Crippen molar-refractivity contribution in [1.29, 1.82) is 0 Å². The topological polar surface area (TPSA) is 72.6 Å². The molecule has 0 bridgehead atoms. The van der Waals surface area contributed by atoms with Crippen molar-refractivity contribution in [3.63, 3.8) is 0 Å². The van der Waals surface area contributed by atoms with Crippen LogP contribution in [0, 0.1) is 15.9 Å². The molecule has 5 nitrogen and oxygen atoms in total. The van der Waals surface area contributed by atoms with Gasteiger partial charge in [-0.25, -0.2) is 4.39 Å². The molecule has 0 saturated carbocycles. The predicted molar refractivity (Wildman–Crippen MR) is 59.5 cm³/mol. The van der Waals surface area contributed by atoms with E-state index >= 15 is 0 Å². The van der Waals surface area contributed by atoms with Crippen LogP contribution in [0.4, 0.5) is 10.1 Å². The molecule has 94 valence electrons. The molecule has 0 unspecified atom stereocenters. The van der Waals surface area contributed by atoms with E-state index in [4.69, 9.17) is 4.74 Å². The SMILES string of the molecule is CC(C)(O)CCOc1ccc(F)cc1[N+](=O)[O-]. The molecule has 1 rings (SSSR count). The molecule has 0 aliphatic carbocycles. The maximum absolute atomic E-state index is 12.8. The quantitative estimate of drug-likeness (QED) is 0.636. The van der Waals surface area contributed by atoms with E-state index in [0.717, 1.165) is 12.1 Å². The third-order valence-electron chi connectivity index (χ3n) is 2.09. The molecule has 0 aromatic heterocycles. The van der Waals surface area contributed by atoms with E-state index < -0.39 is 22.0 Å². The summed E-state index contributed by atoms with van der Waals surface area (Å²) in [6.45, 7) is 3.33. The number of aliphatic hydroxyl groups is 1. The molecule has 0 fully saturated rings. The normalized spacial score (nSPS) is 11.3. The minimum Gasteiger partial charge on any atom is -0.487 e. The Morgan fingerprint density at radius 3 is 2.71 bits per heavy atom. The van der Waals surface area contributed by atoms with Gasteiger partial charge in [-0.1, -0.05) is 0 Å². The summed E-state index contributed by atoms with van der Waals surface area (Å²) in [6, 6.07) is 3.10. The van der Waals surface area contributed by atoms with Crippen molar-refractivity contribution < 1.29 is 19.2 Å². The van der Waals surface area contributed by atoms with Crippen LogP contribution in [-0.4, -0.2) is 22.2 Å². The first-order valence-corrected chi connectivity index (χ1v) is 5.09. The Labute approximate surface area is 98.0 Å². The van der Waals surface area contributed by atoms with Gasteiger partial charge < -0.3 is 9.84 Å². The molecule has 6 heteroatoms. The number of nitro benzene ring substituents is 1. The molecular formula is C11H14FNO4. The first kappa shape index (κ1) is 13.4. The highest BCUT2D eigenvalue weighted by atomic mass is 19.1. The van der Waals surface area contributed by atoms with Gasteiger partial charge in [-0.3, -0.25) is 10.1 Å². The molecule has 0 spiro atoms. The number of hydrogen-bond acceptors (Lipinski definition) is 4. The van der Waals surface area contributed by atoms with Crippen LogP contribution in [0.15, 0.2) is 18.2 Å². The summed E-state index contributed by atoms with van der Waals surface area (Å²) in [7, 11) is 0. The summed E-state index contributed by atoms with van der Waals surface area (Å²) in [5, 5.41) is 20.1. The average Bonchev–Trinajstić information content (AvgIpc) is 2.18. The number of halogens is 1. The van der Waals surface area contributed by atoms with Gasteiger partial charge in [0.25, 0.3) is 0 Å². The highest BCUT2D eigenvalue weighted by Gasteiger charge is 2.18. The second kappa shape index (κ2) is 5.09. The largest absolute Gasteiger partial charge is 0.487 e. The fraction of sp³-hybridized carbons (Fsp3) is 0.455. The van der Waals surface area contributed by atoms with Crippen LogP contribution < -0.4 is 4.74 Å². The molecule has 0 saturated heterocycles. The molecule has 0 aliphatic rings. The molecule has 1 aromatic rings. The molecular weight excluding hydrogens is 229 g/mol. The molecule has 0 atom stereocenters. The predicted octanol–water partition coefficient (Wildman–Crippen LogP) is 2.27. The van der Waals surface area contributed by atoms with E-state index in [0.29, 0.717) is 6.42 Å². The van der Waals surface area contributed by atoms with Gasteiger partial charge in [0.2, 0.25) is 0 Å². The van der Waals surface area contributed by atoms with Gasteiger partial charge in [0.15, 0.2) is 5.75 Å². The van der Waals surface area contributed by atoms with Crippen molar-refractivity contribution in [1.82, 2.24) is 0 Å². The molecule has 0 amide bonds. The molecule has 1 N–H and O–H groups in total. The highest BCUT2D eigenvalue weighted by Crippen LogP contribution is 2.27. The smallest absolute Gasteiger partial charge is 0.313 e. The van der Waals surface area contributed by atoms with Crippen LogP contribution >= 0.6 is 0 Å². The Morgan fingerprint density at radius 2 is 2.18 bits per heavy atom. The molecule has 0 aliphatic heterocycles. The van der Waals surface area contributed by atoms with Crippen LogP contribution in [0.25, 0.3) is 0 Å². The van der Waals surface area contributed by atoms with Gasteiger partial charge in [-0.15, -0.1) is 0 Å². The Morgan fingerprint density at radius 1 is 1.53 bits per heavy atom. The standard InChI is InChI=1S/C11H14FNO4/c1-11(2,14)5-6-17-10-4-3-8(12)7-9(10)13(15)16/h3-4,7,14H,5-6H2,1-2H3. The Hall–Kier alpha value is -1.69. The van der Waals surface area contributed by atoms with E-state index in [1.54, 1.807) is 13.8 Å². The summed E-state index contributed by atoms with van der Waals surface area (Å²) in [5.74, 6) is -0.688. The lowest BCUT2D eigenvalue weighted by Gasteiger charge is -2.16. The number of benzene rings is 1. The average molecular weight is 243 g/mol. The molecule has 1 aromatic carbocycles. The number of nitrogens with zero attached hydrogens (tertiary/aromatic N) is 1. The number of hydrogen-bond donors (Lipinski definition) is 1. The van der Waals surface area contributed by atoms with Crippen LogP contribution in [0.5, 0.6) is 5.75 Å². The third-order valence-corrected chi connectivity index (χ3v) is 2.09. The Kier molecular flexibility index (Phi) is 4.01. The van der Waals surface area contributed by atoms with Crippen molar-refractivity contribution in [2.75, 3.05) is 6.61 Å². The van der Waals surface area contributed by atoms with Crippen molar-refractivity contribution >= 4 is 5.69 Å². The summed E-state index contributed by atoms with van der Waals surface area (Å²) >= 11 is 0. The summed E-state index contributed by atoms with van der Waals surface area (Å²) < 4.78 is 18.0. The lowest BCUT2D eigenvalue weighted by Crippen LogP contribution is -2.21. The van der Waals surface area contributed by atoms with E-state index in [9.17, 15) is 19.6 Å². The van der Waals surface area contributed by atoms with E-state index in [1.807, 2.05) is 0 Å². The third kappa shape index (κ3) is 4.36. The first-order valence-electron chi connectivity index (χ1n) is 5.09. The zero-order valence-corrected chi connectivity index (χ0v) is 9.64. The van der Waals surface area contributed by atoms with Crippen LogP contribution in [0.2, 0.25) is 0 Å². The second-order valence-corrected chi connectivity index (χ2v) is 4.28. The van der Waals surface area contributed by atoms with E-state index in [-0.39, 0.29) is 12.4 Å². The van der Waals surface area contributed by atoms with Crippen molar-refractivity contribution in [3.8, 4) is 5.75 Å². The van der Waals surface area contributed by atoms with Crippen LogP contribution in [0.1, 0.15) is 20.3 Å². The van der Waals surface area contributed by atoms with Gasteiger partial charge in [-0.05, 0) is 26.0 Å². The number of ether oxygens (including phenoxy) is 1. The van der Waals surface area contributed by atoms with Gasteiger partial charge in [0.05, 0.1) is 23.2 Å². The second-order valence-electron chi connectivity index (χ2n) is 4.28. The Bertz CT molecular complexity index is 414. The van der Waals surface area contributed by atoms with Gasteiger partial charge in [0, 0.05) is 6.42 Å². The highest BCUT2D eigenvalue weighted by molar-refractivity contribution is 5.46. The maximum Gasteiger partial charge on any atom is 0.313 e. The zero-order chi connectivity index (χ0) is 13.1. The van der Waals surface area contributed by atoms with Crippen molar-refractivity contribution in [2.24, 2.45) is 0 Å². The summed E-state index contributed by atoms with van der Waals surface area (Å²) in [5.41, 5.74) is -1.32. The Balaban J connectivity index is 2.74. The lowest BCUT2D eigenvalue weighted by atomic mass is 10.1. The molecule has 0 radical (unpaired) electrons. The maximum atomic E-state index is 12.8. The fourth-order valence-electron chi connectivity index (χ4n) is 1.17. The minimum atomic E-state index is -0.908. The van der Waals surface area contributed by atoms with Gasteiger partial charge in [-0.2, -0.15) is 0 Å². The number of nitro groups is 1. The monoisotopic (exact) mass is 243 g/mol. The summed E-state index contributed by atoms with van der Waals surface area (Å²) in [4.78, 5) is 9.94. The lowest BCUT2D eigenvalue weighted by molar-refractivity contribution is -0.386. The summed E-state index contributed by atoms with van der Waals surface area (Å²) in [6.07, 6.45) is 0.321. The van der Waals surface area contributed by atoms with Gasteiger partial charge >= 0.3 is 5.69 Å². The zero-order valence-electron chi connectivity index (χ0n) is 9.64. The van der Waals surface area contributed by atoms with E-state index in [2.05, 4.69) is 0 Å².